The predicted octanol–water partition coefficient (Wildman–Crippen LogP) is 4.35. The molecule has 3 rings (SSSR count). The molecular formula is C16H14BrN3. The number of rotatable bonds is 2. The van der Waals surface area contributed by atoms with Crippen molar-refractivity contribution in [1.29, 1.82) is 0 Å². The zero-order valence-corrected chi connectivity index (χ0v) is 12.6. The SMILES string of the molecule is CN(c1ccccc1)c1ccc(N)c2cc(Br)cnc12. The Bertz CT molecular complexity index is 756. The summed E-state index contributed by atoms with van der Waals surface area (Å²) in [7, 11) is 2.03. The lowest BCUT2D eigenvalue weighted by atomic mass is 10.1. The Morgan fingerprint density at radius 1 is 1.10 bits per heavy atom. The van der Waals surface area contributed by atoms with Gasteiger partial charge in [-0.1, -0.05) is 18.2 Å². The van der Waals surface area contributed by atoms with E-state index in [1.165, 1.54) is 0 Å². The summed E-state index contributed by atoms with van der Waals surface area (Å²) in [6, 6.07) is 16.1. The van der Waals surface area contributed by atoms with Crippen molar-refractivity contribution in [3.05, 3.63) is 59.2 Å². The lowest BCUT2D eigenvalue weighted by Crippen LogP contribution is -2.10. The van der Waals surface area contributed by atoms with Gasteiger partial charge in [-0.15, -0.1) is 0 Å². The molecule has 1 aromatic heterocycles. The van der Waals surface area contributed by atoms with E-state index < -0.39 is 0 Å². The van der Waals surface area contributed by atoms with Crippen LogP contribution in [0.15, 0.2) is 59.2 Å². The quantitative estimate of drug-likeness (QED) is 0.711. The van der Waals surface area contributed by atoms with Gasteiger partial charge in [-0.3, -0.25) is 4.98 Å². The lowest BCUT2D eigenvalue weighted by molar-refractivity contribution is 1.21. The van der Waals surface area contributed by atoms with Crippen molar-refractivity contribution in [2.24, 2.45) is 0 Å². The molecule has 1 heterocycles. The minimum absolute atomic E-state index is 0.735. The largest absolute Gasteiger partial charge is 0.398 e. The van der Waals surface area contributed by atoms with Crippen LogP contribution < -0.4 is 10.6 Å². The van der Waals surface area contributed by atoms with Crippen molar-refractivity contribution in [1.82, 2.24) is 4.98 Å². The van der Waals surface area contributed by atoms with E-state index in [1.54, 1.807) is 6.20 Å². The first kappa shape index (κ1) is 12.9. The van der Waals surface area contributed by atoms with Crippen molar-refractivity contribution in [2.45, 2.75) is 0 Å². The average molecular weight is 328 g/mol. The summed E-state index contributed by atoms with van der Waals surface area (Å²) in [6.07, 6.45) is 1.80. The normalized spacial score (nSPS) is 10.7. The highest BCUT2D eigenvalue weighted by atomic mass is 79.9. The first-order valence-corrected chi connectivity index (χ1v) is 7.08. The highest BCUT2D eigenvalue weighted by Crippen LogP contribution is 2.33. The Hall–Kier alpha value is -2.07. The molecule has 0 aliphatic heterocycles. The molecule has 2 N–H and O–H groups in total. The minimum atomic E-state index is 0.735. The molecule has 0 saturated carbocycles. The van der Waals surface area contributed by atoms with E-state index in [-0.39, 0.29) is 0 Å². The molecule has 4 heteroatoms. The van der Waals surface area contributed by atoms with Gasteiger partial charge in [-0.2, -0.15) is 0 Å². The molecule has 3 nitrogen and oxygen atoms in total. The second kappa shape index (κ2) is 5.13. The lowest BCUT2D eigenvalue weighted by Gasteiger charge is -2.21. The molecule has 0 atom stereocenters. The number of anilines is 3. The summed E-state index contributed by atoms with van der Waals surface area (Å²) in [6.45, 7) is 0. The predicted molar refractivity (Wildman–Crippen MR) is 88.4 cm³/mol. The topological polar surface area (TPSA) is 42.1 Å². The molecule has 0 amide bonds. The summed E-state index contributed by atoms with van der Waals surface area (Å²) in [4.78, 5) is 6.63. The third-order valence-corrected chi connectivity index (χ3v) is 3.77. The highest BCUT2D eigenvalue weighted by Gasteiger charge is 2.11. The van der Waals surface area contributed by atoms with Gasteiger partial charge < -0.3 is 10.6 Å². The first-order chi connectivity index (χ1) is 9.66. The van der Waals surface area contributed by atoms with Crippen molar-refractivity contribution in [2.75, 3.05) is 17.7 Å². The van der Waals surface area contributed by atoms with Gasteiger partial charge >= 0.3 is 0 Å². The molecule has 0 aliphatic rings. The van der Waals surface area contributed by atoms with E-state index in [1.807, 2.05) is 43.4 Å². The van der Waals surface area contributed by atoms with Crippen LogP contribution in [0.25, 0.3) is 10.9 Å². The van der Waals surface area contributed by atoms with Crippen LogP contribution in [0.3, 0.4) is 0 Å². The van der Waals surface area contributed by atoms with Gasteiger partial charge in [0, 0.05) is 34.5 Å². The second-order valence-electron chi connectivity index (χ2n) is 4.62. The fourth-order valence-corrected chi connectivity index (χ4v) is 2.59. The minimum Gasteiger partial charge on any atom is -0.398 e. The number of nitrogens with zero attached hydrogens (tertiary/aromatic N) is 2. The Morgan fingerprint density at radius 3 is 2.60 bits per heavy atom. The molecule has 20 heavy (non-hydrogen) atoms. The number of hydrogen-bond donors (Lipinski definition) is 1. The summed E-state index contributed by atoms with van der Waals surface area (Å²) < 4.78 is 0.927. The monoisotopic (exact) mass is 327 g/mol. The highest BCUT2D eigenvalue weighted by molar-refractivity contribution is 9.10. The van der Waals surface area contributed by atoms with Gasteiger partial charge in [0.25, 0.3) is 0 Å². The maximum atomic E-state index is 6.05. The van der Waals surface area contributed by atoms with Crippen LogP contribution in [-0.2, 0) is 0 Å². The summed E-state index contributed by atoms with van der Waals surface area (Å²) >= 11 is 3.44. The second-order valence-corrected chi connectivity index (χ2v) is 5.53. The fraction of sp³-hybridized carbons (Fsp3) is 0.0625. The van der Waals surface area contributed by atoms with Gasteiger partial charge in [-0.05, 0) is 46.3 Å². The Labute approximate surface area is 126 Å². The molecular weight excluding hydrogens is 314 g/mol. The van der Waals surface area contributed by atoms with Crippen molar-refractivity contribution >= 4 is 43.9 Å². The molecule has 3 aromatic rings. The van der Waals surface area contributed by atoms with Crippen molar-refractivity contribution < 1.29 is 0 Å². The number of halogens is 1. The van der Waals surface area contributed by atoms with Crippen LogP contribution in [-0.4, -0.2) is 12.0 Å². The summed E-state index contributed by atoms with van der Waals surface area (Å²) in [5, 5.41) is 0.958. The summed E-state index contributed by atoms with van der Waals surface area (Å²) in [5.41, 5.74) is 9.84. The van der Waals surface area contributed by atoms with Crippen LogP contribution >= 0.6 is 15.9 Å². The third kappa shape index (κ3) is 2.23. The fourth-order valence-electron chi connectivity index (χ4n) is 2.26. The van der Waals surface area contributed by atoms with Crippen LogP contribution in [0.2, 0.25) is 0 Å². The molecule has 0 unspecified atom stereocenters. The Balaban J connectivity index is 2.20. The van der Waals surface area contributed by atoms with Gasteiger partial charge in [0.2, 0.25) is 0 Å². The number of hydrogen-bond acceptors (Lipinski definition) is 3. The number of fused-ring (bicyclic) bond motifs is 1. The molecule has 0 saturated heterocycles. The smallest absolute Gasteiger partial charge is 0.0960 e. The first-order valence-electron chi connectivity index (χ1n) is 6.29. The van der Waals surface area contributed by atoms with Gasteiger partial charge in [-0.25, -0.2) is 0 Å². The number of nitrogens with two attached hydrogens (primary N) is 1. The number of nitrogen functional groups attached to an aromatic ring is 1. The van der Waals surface area contributed by atoms with Crippen molar-refractivity contribution in [3.63, 3.8) is 0 Å². The zero-order valence-electron chi connectivity index (χ0n) is 11.0. The number of aromatic nitrogens is 1. The van der Waals surface area contributed by atoms with Gasteiger partial charge in [0.05, 0.1) is 11.2 Å². The van der Waals surface area contributed by atoms with Crippen LogP contribution in [0.4, 0.5) is 17.1 Å². The van der Waals surface area contributed by atoms with E-state index in [9.17, 15) is 0 Å². The molecule has 0 bridgehead atoms. The Kier molecular flexibility index (Phi) is 3.32. The molecule has 100 valence electrons. The molecule has 2 aromatic carbocycles. The van der Waals surface area contributed by atoms with E-state index in [4.69, 9.17) is 5.73 Å². The average Bonchev–Trinajstić information content (AvgIpc) is 2.48. The number of para-hydroxylation sites is 1. The third-order valence-electron chi connectivity index (χ3n) is 3.33. The van der Waals surface area contributed by atoms with Crippen molar-refractivity contribution in [3.8, 4) is 0 Å². The van der Waals surface area contributed by atoms with Gasteiger partial charge in [0.15, 0.2) is 0 Å². The molecule has 0 aliphatic carbocycles. The zero-order chi connectivity index (χ0) is 14.1. The van der Waals surface area contributed by atoms with Gasteiger partial charge in [0.1, 0.15) is 0 Å². The number of pyridine rings is 1. The standard InChI is InChI=1S/C16H14BrN3/c1-20(12-5-3-2-4-6-12)15-8-7-14(18)13-9-11(17)10-19-16(13)15/h2-10H,18H2,1H3. The maximum Gasteiger partial charge on any atom is 0.0960 e. The van der Waals surface area contributed by atoms with Crippen LogP contribution in [0.5, 0.6) is 0 Å². The maximum absolute atomic E-state index is 6.05. The van der Waals surface area contributed by atoms with Crippen LogP contribution in [0, 0.1) is 0 Å². The Morgan fingerprint density at radius 2 is 1.85 bits per heavy atom. The van der Waals surface area contributed by atoms with Crippen LogP contribution in [0.1, 0.15) is 0 Å². The molecule has 0 spiro atoms. The summed E-state index contributed by atoms with van der Waals surface area (Å²) in [5.74, 6) is 0. The molecule has 0 radical (unpaired) electrons. The van der Waals surface area contributed by atoms with E-state index in [2.05, 4.69) is 37.9 Å². The number of benzene rings is 2. The van der Waals surface area contributed by atoms with E-state index in [0.29, 0.717) is 0 Å². The van der Waals surface area contributed by atoms with E-state index >= 15 is 0 Å². The molecule has 0 fully saturated rings. The van der Waals surface area contributed by atoms with E-state index in [0.717, 1.165) is 32.4 Å².